The van der Waals surface area contributed by atoms with Gasteiger partial charge in [-0.2, -0.15) is 0 Å². The SMILES string of the molecule is [2H]C([2H])([2H])Oc1ccc(C(O)CC(C)C)cc1OCCCOC. The molecule has 0 radical (unpaired) electrons. The van der Waals surface area contributed by atoms with Crippen LogP contribution >= 0.6 is 0 Å². The van der Waals surface area contributed by atoms with Crippen molar-refractivity contribution in [1.29, 1.82) is 0 Å². The zero-order chi connectivity index (χ0) is 17.5. The summed E-state index contributed by atoms with van der Waals surface area (Å²) in [5.41, 5.74) is 0.679. The maximum Gasteiger partial charge on any atom is 0.161 e. The number of hydrogen-bond donors (Lipinski definition) is 1. The average molecular weight is 285 g/mol. The lowest BCUT2D eigenvalue weighted by molar-refractivity contribution is 0.149. The molecule has 1 N–H and O–H groups in total. The molecule has 0 aromatic heterocycles. The van der Waals surface area contributed by atoms with Gasteiger partial charge in [-0.1, -0.05) is 19.9 Å². The summed E-state index contributed by atoms with van der Waals surface area (Å²) in [5.74, 6) is 0.801. The maximum atomic E-state index is 10.2. The van der Waals surface area contributed by atoms with E-state index in [1.807, 2.05) is 13.8 Å². The number of hydrogen-bond acceptors (Lipinski definition) is 4. The van der Waals surface area contributed by atoms with E-state index < -0.39 is 13.1 Å². The second-order valence-corrected chi connectivity index (χ2v) is 5.15. The molecule has 4 heteroatoms. The monoisotopic (exact) mass is 285 g/mol. The Morgan fingerprint density at radius 3 is 2.70 bits per heavy atom. The van der Waals surface area contributed by atoms with E-state index in [9.17, 15) is 5.11 Å². The molecule has 0 saturated carbocycles. The molecule has 0 bridgehead atoms. The van der Waals surface area contributed by atoms with E-state index in [2.05, 4.69) is 0 Å². The highest BCUT2D eigenvalue weighted by molar-refractivity contribution is 5.43. The summed E-state index contributed by atoms with van der Waals surface area (Å²) >= 11 is 0. The van der Waals surface area contributed by atoms with E-state index in [1.165, 1.54) is 6.07 Å². The van der Waals surface area contributed by atoms with Gasteiger partial charge >= 0.3 is 0 Å². The molecule has 0 aliphatic carbocycles. The molecular formula is C16H26O4. The van der Waals surface area contributed by atoms with Crippen molar-refractivity contribution >= 4 is 0 Å². The summed E-state index contributed by atoms with van der Waals surface area (Å²) in [5, 5.41) is 10.2. The van der Waals surface area contributed by atoms with Gasteiger partial charge in [-0.3, -0.25) is 0 Å². The largest absolute Gasteiger partial charge is 0.493 e. The first-order chi connectivity index (χ1) is 10.7. The van der Waals surface area contributed by atoms with Crippen molar-refractivity contribution in [1.82, 2.24) is 0 Å². The number of aliphatic hydroxyl groups is 1. The molecule has 0 amide bonds. The summed E-state index contributed by atoms with van der Waals surface area (Å²) in [6.45, 7) is 4.97. The molecule has 0 fully saturated rings. The van der Waals surface area contributed by atoms with Gasteiger partial charge in [0.05, 0.1) is 23.9 Å². The Morgan fingerprint density at radius 2 is 2.05 bits per heavy atom. The predicted molar refractivity (Wildman–Crippen MR) is 79.4 cm³/mol. The standard InChI is InChI=1S/C16H26O4/c1-12(2)10-14(17)13-6-7-15(19-4)16(11-13)20-9-5-8-18-3/h6-7,11-12,14,17H,5,8-10H2,1-4H3/i4D3. The van der Waals surface area contributed by atoms with Gasteiger partial charge < -0.3 is 19.3 Å². The van der Waals surface area contributed by atoms with Gasteiger partial charge in [0.2, 0.25) is 0 Å². The van der Waals surface area contributed by atoms with Crippen molar-refractivity contribution in [3.8, 4) is 11.5 Å². The van der Waals surface area contributed by atoms with Crippen LogP contribution in [0.15, 0.2) is 18.2 Å². The van der Waals surface area contributed by atoms with Crippen molar-refractivity contribution in [3.63, 3.8) is 0 Å². The lowest BCUT2D eigenvalue weighted by Crippen LogP contribution is -2.05. The number of methoxy groups -OCH3 is 2. The van der Waals surface area contributed by atoms with Crippen LogP contribution in [0.4, 0.5) is 0 Å². The number of rotatable bonds is 9. The molecule has 0 saturated heterocycles. The molecule has 20 heavy (non-hydrogen) atoms. The normalized spacial score (nSPS) is 15.3. The Morgan fingerprint density at radius 1 is 1.25 bits per heavy atom. The average Bonchev–Trinajstić information content (AvgIpc) is 2.42. The van der Waals surface area contributed by atoms with Gasteiger partial charge in [-0.15, -0.1) is 0 Å². The fourth-order valence-corrected chi connectivity index (χ4v) is 1.90. The molecule has 0 heterocycles. The molecule has 1 aromatic carbocycles. The molecule has 1 aromatic rings. The summed E-state index contributed by atoms with van der Waals surface area (Å²) in [6, 6.07) is 4.83. The molecule has 4 nitrogen and oxygen atoms in total. The van der Waals surface area contributed by atoms with Crippen LogP contribution in [0.1, 0.15) is 42.5 Å². The van der Waals surface area contributed by atoms with Crippen molar-refractivity contribution in [2.24, 2.45) is 5.92 Å². The van der Waals surface area contributed by atoms with Gasteiger partial charge in [0, 0.05) is 20.1 Å². The Hall–Kier alpha value is -1.26. The fourth-order valence-electron chi connectivity index (χ4n) is 1.90. The van der Waals surface area contributed by atoms with Crippen LogP contribution in [-0.2, 0) is 4.74 Å². The Kier molecular flexibility index (Phi) is 5.50. The molecule has 0 spiro atoms. The Labute approximate surface area is 125 Å². The molecule has 1 rings (SSSR count). The van der Waals surface area contributed by atoms with Crippen molar-refractivity contribution in [2.45, 2.75) is 32.8 Å². The van der Waals surface area contributed by atoms with Crippen LogP contribution in [0.2, 0.25) is 0 Å². The molecule has 114 valence electrons. The number of benzene rings is 1. The van der Waals surface area contributed by atoms with Crippen molar-refractivity contribution in [3.05, 3.63) is 23.8 Å². The van der Waals surface area contributed by atoms with E-state index in [4.69, 9.17) is 18.3 Å². The molecule has 1 atom stereocenters. The van der Waals surface area contributed by atoms with Crippen LogP contribution in [0, 0.1) is 5.92 Å². The molecule has 0 aliphatic rings. The van der Waals surface area contributed by atoms with Crippen LogP contribution in [0.25, 0.3) is 0 Å². The smallest absolute Gasteiger partial charge is 0.161 e. The van der Waals surface area contributed by atoms with E-state index >= 15 is 0 Å². The van der Waals surface area contributed by atoms with Crippen LogP contribution < -0.4 is 9.47 Å². The summed E-state index contributed by atoms with van der Waals surface area (Å²) in [6.07, 6.45) is 0.656. The summed E-state index contributed by atoms with van der Waals surface area (Å²) in [7, 11) is -0.950. The molecule has 1 unspecified atom stereocenters. The van der Waals surface area contributed by atoms with Gasteiger partial charge in [0.1, 0.15) is 0 Å². The van der Waals surface area contributed by atoms with E-state index in [1.54, 1.807) is 19.2 Å². The van der Waals surface area contributed by atoms with Crippen LogP contribution in [-0.4, -0.2) is 32.5 Å². The number of aliphatic hydroxyl groups excluding tert-OH is 1. The minimum Gasteiger partial charge on any atom is -0.493 e. The third kappa shape index (κ3) is 5.39. The van der Waals surface area contributed by atoms with Crippen LogP contribution in [0.5, 0.6) is 11.5 Å². The Bertz CT molecular complexity index is 475. The quantitative estimate of drug-likeness (QED) is 0.708. The predicted octanol–water partition coefficient (Wildman–Crippen LogP) is 3.19. The first-order valence-electron chi connectivity index (χ1n) is 8.35. The van der Waals surface area contributed by atoms with E-state index in [-0.39, 0.29) is 5.75 Å². The minimum absolute atomic E-state index is 0.142. The second-order valence-electron chi connectivity index (χ2n) is 5.15. The third-order valence-electron chi connectivity index (χ3n) is 2.91. The molecular weight excluding hydrogens is 256 g/mol. The highest BCUT2D eigenvalue weighted by atomic mass is 16.5. The fraction of sp³-hybridized carbons (Fsp3) is 0.625. The number of ether oxygens (including phenoxy) is 3. The van der Waals surface area contributed by atoms with E-state index in [0.29, 0.717) is 43.3 Å². The summed E-state index contributed by atoms with van der Waals surface area (Å²) in [4.78, 5) is 0. The maximum absolute atomic E-state index is 10.2. The zero-order valence-corrected chi connectivity index (χ0v) is 12.4. The van der Waals surface area contributed by atoms with Gasteiger partial charge in [0.15, 0.2) is 11.5 Å². The lowest BCUT2D eigenvalue weighted by atomic mass is 9.99. The third-order valence-corrected chi connectivity index (χ3v) is 2.91. The highest BCUT2D eigenvalue weighted by Gasteiger charge is 2.13. The first kappa shape index (κ1) is 12.5. The highest BCUT2D eigenvalue weighted by Crippen LogP contribution is 2.32. The Balaban J connectivity index is 2.92. The van der Waals surface area contributed by atoms with Crippen molar-refractivity contribution in [2.75, 3.05) is 27.4 Å². The van der Waals surface area contributed by atoms with Gasteiger partial charge in [0.25, 0.3) is 0 Å². The second kappa shape index (κ2) is 8.82. The minimum atomic E-state index is -2.55. The van der Waals surface area contributed by atoms with Crippen LogP contribution in [0.3, 0.4) is 0 Å². The van der Waals surface area contributed by atoms with E-state index in [0.717, 1.165) is 0 Å². The van der Waals surface area contributed by atoms with Gasteiger partial charge in [-0.25, -0.2) is 0 Å². The zero-order valence-electron chi connectivity index (χ0n) is 15.4. The first-order valence-corrected chi connectivity index (χ1v) is 6.85. The van der Waals surface area contributed by atoms with Gasteiger partial charge in [-0.05, 0) is 30.0 Å². The lowest BCUT2D eigenvalue weighted by Gasteiger charge is -2.16. The summed E-state index contributed by atoms with van der Waals surface area (Å²) < 4.78 is 37.2. The topological polar surface area (TPSA) is 47.9 Å². The van der Waals surface area contributed by atoms with Crippen molar-refractivity contribution < 1.29 is 23.4 Å². The molecule has 0 aliphatic heterocycles.